The molecule has 3 aliphatic rings. The van der Waals surface area contributed by atoms with E-state index in [2.05, 4.69) is 10.3 Å². The third-order valence-corrected chi connectivity index (χ3v) is 8.33. The molecule has 0 bridgehead atoms. The Balaban J connectivity index is 1.21. The predicted molar refractivity (Wildman–Crippen MR) is 111 cm³/mol. The molecule has 1 aromatic carbocycles. The van der Waals surface area contributed by atoms with Gasteiger partial charge in [0.15, 0.2) is 9.84 Å². The number of anilines is 2. The SMILES string of the molecule is O=C1O[C@@H](Cn2ccnn2)CN1c1ccc(N2CCC(C3CS(=O)(=O)C3)CC2)c(F)c1. The van der Waals surface area contributed by atoms with Gasteiger partial charge in [0.25, 0.3) is 0 Å². The summed E-state index contributed by atoms with van der Waals surface area (Å²) in [5.41, 5.74) is 0.970. The van der Waals surface area contributed by atoms with Crippen molar-refractivity contribution in [2.24, 2.45) is 11.8 Å². The average Bonchev–Trinajstić information content (AvgIpc) is 3.36. The lowest BCUT2D eigenvalue weighted by molar-refractivity contribution is 0.129. The summed E-state index contributed by atoms with van der Waals surface area (Å²) in [6, 6.07) is 4.82. The standard InChI is InChI=1S/C20H24FN5O4S/c21-18-9-16(26-11-17(30-20(26)27)10-25-8-5-22-23-25)1-2-19(18)24-6-3-14(4-7-24)15-12-31(28,29)13-15/h1-2,5,8-9,14-15,17H,3-4,6-7,10-13H2/t17-/m0/s1. The third kappa shape index (κ3) is 4.10. The molecule has 3 aliphatic heterocycles. The van der Waals surface area contributed by atoms with Gasteiger partial charge in [-0.25, -0.2) is 22.3 Å². The maximum absolute atomic E-state index is 14.9. The molecule has 1 amide bonds. The molecule has 1 atom stereocenters. The minimum absolute atomic E-state index is 0.256. The summed E-state index contributed by atoms with van der Waals surface area (Å²) >= 11 is 0. The molecular formula is C20H24FN5O4S. The van der Waals surface area contributed by atoms with Gasteiger partial charge >= 0.3 is 6.09 Å². The van der Waals surface area contributed by atoms with Crippen molar-refractivity contribution in [1.82, 2.24) is 15.0 Å². The molecule has 1 aromatic heterocycles. The summed E-state index contributed by atoms with van der Waals surface area (Å²) in [4.78, 5) is 15.7. The number of hydrogen-bond donors (Lipinski definition) is 0. The topological polar surface area (TPSA) is 97.6 Å². The average molecular weight is 450 g/mol. The summed E-state index contributed by atoms with van der Waals surface area (Å²) in [7, 11) is -2.81. The molecule has 0 unspecified atom stereocenters. The van der Waals surface area contributed by atoms with E-state index in [1.807, 2.05) is 4.90 Å². The molecular weight excluding hydrogens is 425 g/mol. The summed E-state index contributed by atoms with van der Waals surface area (Å²) in [5.74, 6) is 0.860. The van der Waals surface area contributed by atoms with Gasteiger partial charge in [0.1, 0.15) is 11.9 Å². The quantitative estimate of drug-likeness (QED) is 0.685. The van der Waals surface area contributed by atoms with Crippen LogP contribution in [0.25, 0.3) is 0 Å². The van der Waals surface area contributed by atoms with E-state index >= 15 is 0 Å². The number of halogens is 1. The van der Waals surface area contributed by atoms with Gasteiger partial charge in [0.05, 0.1) is 42.2 Å². The van der Waals surface area contributed by atoms with Crippen LogP contribution in [0.3, 0.4) is 0 Å². The number of amides is 1. The first-order valence-corrected chi connectivity index (χ1v) is 12.3. The Bertz CT molecular complexity index is 1060. The van der Waals surface area contributed by atoms with E-state index in [0.717, 1.165) is 12.8 Å². The molecule has 0 spiro atoms. The minimum atomic E-state index is -2.81. The highest BCUT2D eigenvalue weighted by Crippen LogP contribution is 2.36. The Morgan fingerprint density at radius 2 is 1.94 bits per heavy atom. The van der Waals surface area contributed by atoms with E-state index in [0.29, 0.717) is 55.0 Å². The van der Waals surface area contributed by atoms with Crippen LogP contribution < -0.4 is 9.80 Å². The van der Waals surface area contributed by atoms with Crippen molar-refractivity contribution < 1.29 is 22.3 Å². The molecule has 9 nitrogen and oxygen atoms in total. The molecule has 3 fully saturated rings. The van der Waals surface area contributed by atoms with E-state index in [4.69, 9.17) is 4.74 Å². The molecule has 4 heterocycles. The van der Waals surface area contributed by atoms with E-state index < -0.39 is 15.9 Å². The van der Waals surface area contributed by atoms with Gasteiger partial charge in [0.2, 0.25) is 0 Å². The van der Waals surface area contributed by atoms with Crippen molar-refractivity contribution in [3.05, 3.63) is 36.4 Å². The minimum Gasteiger partial charge on any atom is -0.442 e. The van der Waals surface area contributed by atoms with Gasteiger partial charge in [-0.1, -0.05) is 5.21 Å². The summed E-state index contributed by atoms with van der Waals surface area (Å²) in [6.07, 6.45) is 4.09. The summed E-state index contributed by atoms with van der Waals surface area (Å²) in [6.45, 7) is 2.10. The first kappa shape index (κ1) is 20.2. The molecule has 0 radical (unpaired) electrons. The highest BCUT2D eigenvalue weighted by atomic mass is 32.2. The van der Waals surface area contributed by atoms with Crippen LogP contribution in [0, 0.1) is 17.7 Å². The third-order valence-electron chi connectivity index (χ3n) is 6.46. The van der Waals surface area contributed by atoms with Gasteiger partial charge in [-0.15, -0.1) is 5.10 Å². The molecule has 166 valence electrons. The van der Waals surface area contributed by atoms with E-state index in [-0.39, 0.29) is 17.8 Å². The number of hydrogen-bond acceptors (Lipinski definition) is 7. The molecule has 2 aromatic rings. The predicted octanol–water partition coefficient (Wildman–Crippen LogP) is 1.70. The van der Waals surface area contributed by atoms with Crippen LogP contribution in [0.5, 0.6) is 0 Å². The number of carbonyl (C=O) groups is 1. The second-order valence-electron chi connectivity index (χ2n) is 8.54. The fraction of sp³-hybridized carbons (Fsp3) is 0.550. The second-order valence-corrected chi connectivity index (χ2v) is 10.7. The highest BCUT2D eigenvalue weighted by Gasteiger charge is 2.40. The van der Waals surface area contributed by atoms with Crippen molar-refractivity contribution >= 4 is 27.3 Å². The number of piperidine rings is 1. The van der Waals surface area contributed by atoms with Crippen LogP contribution in [0.2, 0.25) is 0 Å². The number of ether oxygens (including phenoxy) is 1. The van der Waals surface area contributed by atoms with Gasteiger partial charge in [0, 0.05) is 19.3 Å². The van der Waals surface area contributed by atoms with Crippen molar-refractivity contribution in [3.63, 3.8) is 0 Å². The van der Waals surface area contributed by atoms with Crippen molar-refractivity contribution in [3.8, 4) is 0 Å². The van der Waals surface area contributed by atoms with E-state index in [1.165, 1.54) is 11.0 Å². The monoisotopic (exact) mass is 449 g/mol. The van der Waals surface area contributed by atoms with E-state index in [9.17, 15) is 17.6 Å². The molecule has 0 N–H and O–H groups in total. The number of rotatable bonds is 5. The number of nitrogens with zero attached hydrogens (tertiary/aromatic N) is 5. The fourth-order valence-corrected chi connectivity index (χ4v) is 6.53. The zero-order valence-electron chi connectivity index (χ0n) is 16.9. The van der Waals surface area contributed by atoms with Crippen LogP contribution in [0.1, 0.15) is 12.8 Å². The van der Waals surface area contributed by atoms with Crippen LogP contribution in [-0.2, 0) is 21.1 Å². The molecule has 0 saturated carbocycles. The lowest BCUT2D eigenvalue weighted by Gasteiger charge is -2.40. The number of sulfone groups is 1. The normalized spacial score (nSPS) is 24.3. The first-order valence-electron chi connectivity index (χ1n) is 10.4. The van der Waals surface area contributed by atoms with Gasteiger partial charge in [-0.3, -0.25) is 4.90 Å². The number of benzene rings is 1. The fourth-order valence-electron chi connectivity index (χ4n) is 4.77. The van der Waals surface area contributed by atoms with Crippen LogP contribution >= 0.6 is 0 Å². The van der Waals surface area contributed by atoms with Crippen molar-refractivity contribution in [1.29, 1.82) is 0 Å². The second kappa shape index (κ2) is 7.77. The Labute approximate surface area is 179 Å². The summed E-state index contributed by atoms with van der Waals surface area (Å²) in [5, 5.41) is 7.61. The number of aromatic nitrogens is 3. The molecule has 11 heteroatoms. The maximum atomic E-state index is 14.9. The molecule has 5 rings (SSSR count). The zero-order chi connectivity index (χ0) is 21.6. The van der Waals surface area contributed by atoms with Crippen molar-refractivity contribution in [2.45, 2.75) is 25.5 Å². The van der Waals surface area contributed by atoms with Crippen LogP contribution in [0.15, 0.2) is 30.6 Å². The van der Waals surface area contributed by atoms with E-state index in [1.54, 1.807) is 29.2 Å². The smallest absolute Gasteiger partial charge is 0.414 e. The van der Waals surface area contributed by atoms with Gasteiger partial charge in [-0.05, 0) is 42.9 Å². The zero-order valence-corrected chi connectivity index (χ0v) is 17.7. The lowest BCUT2D eigenvalue weighted by atomic mass is 9.86. The molecule has 31 heavy (non-hydrogen) atoms. The van der Waals surface area contributed by atoms with Gasteiger partial charge in [-0.2, -0.15) is 0 Å². The van der Waals surface area contributed by atoms with Crippen LogP contribution in [0.4, 0.5) is 20.6 Å². The maximum Gasteiger partial charge on any atom is 0.414 e. The largest absolute Gasteiger partial charge is 0.442 e. The highest BCUT2D eigenvalue weighted by molar-refractivity contribution is 7.92. The lowest BCUT2D eigenvalue weighted by Crippen LogP contribution is -2.45. The Morgan fingerprint density at radius 1 is 1.16 bits per heavy atom. The molecule has 3 saturated heterocycles. The Morgan fingerprint density at radius 3 is 2.58 bits per heavy atom. The van der Waals surface area contributed by atoms with Crippen LogP contribution in [-0.4, -0.2) is 66.7 Å². The van der Waals surface area contributed by atoms with Crippen molar-refractivity contribution in [2.75, 3.05) is 40.9 Å². The van der Waals surface area contributed by atoms with Gasteiger partial charge < -0.3 is 9.64 Å². The Kier molecular flexibility index (Phi) is 5.07. The molecule has 0 aliphatic carbocycles. The Hall–Kier alpha value is -2.69. The number of cyclic esters (lactones) is 1. The summed E-state index contributed by atoms with van der Waals surface area (Å²) < 4.78 is 44.8. The number of carbonyl (C=O) groups excluding carboxylic acids is 1. The first-order chi connectivity index (χ1) is 14.9.